The van der Waals surface area contributed by atoms with Crippen molar-refractivity contribution in [2.75, 3.05) is 32.7 Å². The van der Waals surface area contributed by atoms with Crippen molar-refractivity contribution in [1.29, 1.82) is 0 Å². The smallest absolute Gasteiger partial charge is 0.255 e. The Bertz CT molecular complexity index is 866. The summed E-state index contributed by atoms with van der Waals surface area (Å²) < 4.78 is 28.5. The first-order valence-corrected chi connectivity index (χ1v) is 13.5. The largest absolute Gasteiger partial charge is 0.337 e. The Kier molecular flexibility index (Phi) is 7.17. The van der Waals surface area contributed by atoms with E-state index in [9.17, 15) is 13.2 Å². The summed E-state index contributed by atoms with van der Waals surface area (Å²) >= 11 is 3.45. The van der Waals surface area contributed by atoms with Crippen LogP contribution in [-0.2, 0) is 10.0 Å². The number of rotatable bonds is 6. The van der Waals surface area contributed by atoms with Crippen LogP contribution in [0.1, 0.15) is 61.7 Å². The zero-order valence-corrected chi connectivity index (χ0v) is 19.9. The predicted octanol–water partition coefficient (Wildman–Crippen LogP) is 3.62. The molecule has 0 spiro atoms. The third-order valence-electron chi connectivity index (χ3n) is 6.49. The highest BCUT2D eigenvalue weighted by atomic mass is 79.9. The number of sulfonamides is 1. The molecule has 1 amide bonds. The topological polar surface area (TPSA) is 69.7 Å². The van der Waals surface area contributed by atoms with Crippen molar-refractivity contribution in [3.63, 3.8) is 0 Å². The van der Waals surface area contributed by atoms with Crippen molar-refractivity contribution in [3.8, 4) is 0 Å². The van der Waals surface area contributed by atoms with E-state index in [2.05, 4.69) is 25.6 Å². The molecule has 0 radical (unpaired) electrons. The number of nitrogens with one attached hydrogen (secondary N) is 1. The molecule has 1 heterocycles. The van der Waals surface area contributed by atoms with Crippen LogP contribution in [0.4, 0.5) is 0 Å². The van der Waals surface area contributed by atoms with Gasteiger partial charge in [0.2, 0.25) is 10.0 Å². The molecular weight excluding hydrogens is 466 g/mol. The maximum Gasteiger partial charge on any atom is 0.255 e. The normalized spacial score (nSPS) is 22.1. The molecule has 1 N–H and O–H groups in total. The van der Waals surface area contributed by atoms with Gasteiger partial charge in [-0.25, -0.2) is 13.1 Å². The van der Waals surface area contributed by atoms with E-state index >= 15 is 0 Å². The molecule has 0 bridgehead atoms. The lowest BCUT2D eigenvalue weighted by Gasteiger charge is -2.29. The fourth-order valence-corrected chi connectivity index (χ4v) is 6.33. The van der Waals surface area contributed by atoms with E-state index < -0.39 is 10.0 Å². The highest BCUT2D eigenvalue weighted by Crippen LogP contribution is 2.27. The standard InChI is InChI=1S/C22H32BrN3O3S/c23-21-10-9-19(30(28,29)24-18-7-8-18)15-20(21)22(27)26-12-4-11-25(13-14-26)16-17-5-2-1-3-6-17/h9-10,15,17-18,24H,1-8,11-14,16H2. The minimum atomic E-state index is -3.58. The van der Waals surface area contributed by atoms with Gasteiger partial charge in [-0.1, -0.05) is 19.3 Å². The molecule has 4 rings (SSSR count). The summed E-state index contributed by atoms with van der Waals surface area (Å²) in [5.41, 5.74) is 0.425. The Labute approximate surface area is 188 Å². The van der Waals surface area contributed by atoms with Gasteiger partial charge < -0.3 is 9.80 Å². The molecule has 2 saturated carbocycles. The molecule has 0 aromatic heterocycles. The molecule has 1 aliphatic heterocycles. The lowest BCUT2D eigenvalue weighted by atomic mass is 9.89. The van der Waals surface area contributed by atoms with Crippen molar-refractivity contribution in [1.82, 2.24) is 14.5 Å². The Morgan fingerprint density at radius 2 is 1.77 bits per heavy atom. The van der Waals surface area contributed by atoms with E-state index in [0.717, 1.165) is 44.8 Å². The highest BCUT2D eigenvalue weighted by molar-refractivity contribution is 9.10. The quantitative estimate of drug-likeness (QED) is 0.651. The molecule has 0 unspecified atom stereocenters. The maximum atomic E-state index is 13.2. The molecule has 1 saturated heterocycles. The molecule has 1 aromatic carbocycles. The summed E-state index contributed by atoms with van der Waals surface area (Å²) in [4.78, 5) is 17.8. The molecule has 166 valence electrons. The van der Waals surface area contributed by atoms with Crippen molar-refractivity contribution < 1.29 is 13.2 Å². The number of carbonyl (C=O) groups excluding carboxylic acids is 1. The maximum absolute atomic E-state index is 13.2. The molecule has 0 atom stereocenters. The second-order valence-electron chi connectivity index (χ2n) is 8.99. The van der Waals surface area contributed by atoms with Gasteiger partial charge in [0.1, 0.15) is 0 Å². The van der Waals surface area contributed by atoms with Crippen LogP contribution in [0.5, 0.6) is 0 Å². The number of carbonyl (C=O) groups is 1. The van der Waals surface area contributed by atoms with Crippen LogP contribution in [0.2, 0.25) is 0 Å². The Morgan fingerprint density at radius 3 is 2.50 bits per heavy atom. The lowest BCUT2D eigenvalue weighted by Crippen LogP contribution is -2.37. The van der Waals surface area contributed by atoms with Gasteiger partial charge in [0.15, 0.2) is 0 Å². The second-order valence-corrected chi connectivity index (χ2v) is 11.6. The van der Waals surface area contributed by atoms with E-state index in [0.29, 0.717) is 23.1 Å². The number of halogens is 1. The van der Waals surface area contributed by atoms with Crippen LogP contribution in [-0.4, -0.2) is 62.9 Å². The monoisotopic (exact) mass is 497 g/mol. The molecule has 1 aromatic rings. The van der Waals surface area contributed by atoms with Crippen LogP contribution in [0, 0.1) is 5.92 Å². The molecule has 2 aliphatic carbocycles. The first-order chi connectivity index (χ1) is 14.4. The van der Waals surface area contributed by atoms with Crippen LogP contribution >= 0.6 is 15.9 Å². The van der Waals surface area contributed by atoms with Crippen molar-refractivity contribution in [2.24, 2.45) is 5.92 Å². The molecule has 3 fully saturated rings. The highest BCUT2D eigenvalue weighted by Gasteiger charge is 2.29. The fraction of sp³-hybridized carbons (Fsp3) is 0.682. The molecule has 8 heteroatoms. The van der Waals surface area contributed by atoms with E-state index in [4.69, 9.17) is 0 Å². The predicted molar refractivity (Wildman–Crippen MR) is 121 cm³/mol. The summed E-state index contributed by atoms with van der Waals surface area (Å²) in [5.74, 6) is 0.709. The fourth-order valence-electron chi connectivity index (χ4n) is 4.59. The van der Waals surface area contributed by atoms with Crippen LogP contribution < -0.4 is 4.72 Å². The van der Waals surface area contributed by atoms with Gasteiger partial charge in [-0.05, 0) is 78.7 Å². The molecular formula is C22H32BrN3O3S. The summed E-state index contributed by atoms with van der Waals surface area (Å²) in [5, 5.41) is 0. The van der Waals surface area contributed by atoms with Crippen LogP contribution in [0.3, 0.4) is 0 Å². The summed E-state index contributed by atoms with van der Waals surface area (Å²) in [6.45, 7) is 4.47. The zero-order chi connectivity index (χ0) is 21.1. The minimum Gasteiger partial charge on any atom is -0.337 e. The van der Waals surface area contributed by atoms with E-state index in [1.165, 1.54) is 38.2 Å². The Morgan fingerprint density at radius 1 is 1.00 bits per heavy atom. The van der Waals surface area contributed by atoms with Gasteiger partial charge in [-0.2, -0.15) is 0 Å². The van der Waals surface area contributed by atoms with Gasteiger partial charge >= 0.3 is 0 Å². The van der Waals surface area contributed by atoms with Crippen LogP contribution in [0.15, 0.2) is 27.6 Å². The number of hydrogen-bond acceptors (Lipinski definition) is 4. The van der Waals surface area contributed by atoms with Gasteiger partial charge in [-0.3, -0.25) is 4.79 Å². The zero-order valence-electron chi connectivity index (χ0n) is 17.5. The number of amides is 1. The van der Waals surface area contributed by atoms with Gasteiger partial charge in [0, 0.05) is 36.7 Å². The average molecular weight is 498 g/mol. The molecule has 30 heavy (non-hydrogen) atoms. The van der Waals surface area contributed by atoms with Crippen molar-refractivity contribution >= 4 is 31.9 Å². The second kappa shape index (κ2) is 9.67. The Hall–Kier alpha value is -0.960. The van der Waals surface area contributed by atoms with Gasteiger partial charge in [0.05, 0.1) is 10.5 Å². The number of hydrogen-bond donors (Lipinski definition) is 1. The van der Waals surface area contributed by atoms with Crippen molar-refractivity contribution in [2.45, 2.75) is 62.3 Å². The average Bonchev–Trinajstić information content (AvgIpc) is 3.56. The third-order valence-corrected chi connectivity index (χ3v) is 8.70. The first-order valence-electron chi connectivity index (χ1n) is 11.3. The number of benzene rings is 1. The Balaban J connectivity index is 1.41. The minimum absolute atomic E-state index is 0.0403. The number of nitrogens with zero attached hydrogens (tertiary/aromatic N) is 2. The summed E-state index contributed by atoms with van der Waals surface area (Å²) in [7, 11) is -3.58. The van der Waals surface area contributed by atoms with Crippen molar-refractivity contribution in [3.05, 3.63) is 28.2 Å². The van der Waals surface area contributed by atoms with Gasteiger partial charge in [0.25, 0.3) is 5.91 Å². The molecule has 6 nitrogen and oxygen atoms in total. The van der Waals surface area contributed by atoms with Gasteiger partial charge in [-0.15, -0.1) is 0 Å². The van der Waals surface area contributed by atoms with Crippen LogP contribution in [0.25, 0.3) is 0 Å². The third kappa shape index (κ3) is 5.64. The summed E-state index contributed by atoms with van der Waals surface area (Å²) in [6.07, 6.45) is 9.47. The van der Waals surface area contributed by atoms with E-state index in [1.807, 2.05) is 4.90 Å². The lowest BCUT2D eigenvalue weighted by molar-refractivity contribution is 0.0758. The first kappa shape index (κ1) is 22.2. The van der Waals surface area contributed by atoms with E-state index in [1.54, 1.807) is 12.1 Å². The summed E-state index contributed by atoms with van der Waals surface area (Å²) in [6, 6.07) is 4.78. The molecule has 3 aliphatic rings. The SMILES string of the molecule is O=C(c1cc(S(=O)(=O)NC2CC2)ccc1Br)N1CCCN(CC2CCCCC2)CC1. The van der Waals surface area contributed by atoms with E-state index in [-0.39, 0.29) is 16.8 Å².